The molecule has 0 saturated heterocycles. The number of nitrogens with one attached hydrogen (secondary N) is 1. The first kappa shape index (κ1) is 19.0. The molecule has 0 unspecified atom stereocenters. The van der Waals surface area contributed by atoms with E-state index in [2.05, 4.69) is 43.4 Å². The van der Waals surface area contributed by atoms with Crippen LogP contribution in [-0.2, 0) is 4.79 Å². The lowest BCUT2D eigenvalue weighted by Gasteiger charge is -2.22. The van der Waals surface area contributed by atoms with Crippen molar-refractivity contribution in [1.82, 2.24) is 5.32 Å². The van der Waals surface area contributed by atoms with Crippen molar-refractivity contribution in [2.24, 2.45) is 0 Å². The van der Waals surface area contributed by atoms with Gasteiger partial charge in [0.15, 0.2) is 6.10 Å². The van der Waals surface area contributed by atoms with E-state index in [9.17, 15) is 4.79 Å². The van der Waals surface area contributed by atoms with Gasteiger partial charge in [-0.15, -0.1) is 0 Å². The molecule has 0 aliphatic rings. The third-order valence-electron chi connectivity index (χ3n) is 4.92. The maximum Gasteiger partial charge on any atom is 0.261 e. The van der Waals surface area contributed by atoms with Crippen LogP contribution in [0.1, 0.15) is 43.0 Å². The third-order valence-corrected chi connectivity index (χ3v) is 4.92. The fourth-order valence-electron chi connectivity index (χ4n) is 3.34. The number of benzene rings is 3. The number of hydrogen-bond acceptors (Lipinski definition) is 2. The lowest BCUT2D eigenvalue weighted by atomic mass is 10.00. The largest absolute Gasteiger partial charge is 0.481 e. The quantitative estimate of drug-likeness (QED) is 0.630. The molecule has 0 heterocycles. The summed E-state index contributed by atoms with van der Waals surface area (Å²) in [7, 11) is 0. The van der Waals surface area contributed by atoms with Gasteiger partial charge in [-0.3, -0.25) is 4.79 Å². The minimum atomic E-state index is -0.515. The zero-order valence-electron chi connectivity index (χ0n) is 16.5. The van der Waals surface area contributed by atoms with Crippen molar-refractivity contribution in [1.29, 1.82) is 0 Å². The normalized spacial score (nSPS) is 13.2. The van der Waals surface area contributed by atoms with Crippen molar-refractivity contribution in [3.05, 3.63) is 77.4 Å². The SMILES string of the molecule is CC[C@@H](Oc1ccc2ccccc2c1)C(=O)N[C@@H](C)c1cc(C)ccc1C. The van der Waals surface area contributed by atoms with Crippen LogP contribution in [0.25, 0.3) is 10.8 Å². The van der Waals surface area contributed by atoms with Gasteiger partial charge in [-0.25, -0.2) is 0 Å². The summed E-state index contributed by atoms with van der Waals surface area (Å²) in [4.78, 5) is 12.8. The molecule has 0 saturated carbocycles. The van der Waals surface area contributed by atoms with Crippen molar-refractivity contribution in [2.75, 3.05) is 0 Å². The molecule has 3 aromatic carbocycles. The van der Waals surface area contributed by atoms with E-state index in [4.69, 9.17) is 4.74 Å². The summed E-state index contributed by atoms with van der Waals surface area (Å²) in [6, 6.07) is 20.3. The average molecular weight is 361 g/mol. The first-order chi connectivity index (χ1) is 13.0. The fraction of sp³-hybridized carbons (Fsp3) is 0.292. The Labute approximate surface area is 161 Å². The minimum Gasteiger partial charge on any atom is -0.481 e. The fourth-order valence-corrected chi connectivity index (χ4v) is 3.34. The Bertz CT molecular complexity index is 948. The summed E-state index contributed by atoms with van der Waals surface area (Å²) < 4.78 is 6.01. The Morgan fingerprint density at radius 1 is 1.00 bits per heavy atom. The molecule has 3 aromatic rings. The van der Waals surface area contributed by atoms with Gasteiger partial charge in [-0.1, -0.05) is 61.0 Å². The van der Waals surface area contributed by atoms with E-state index < -0.39 is 6.10 Å². The van der Waals surface area contributed by atoms with Crippen molar-refractivity contribution in [2.45, 2.75) is 46.3 Å². The molecule has 0 spiro atoms. The molecule has 3 heteroatoms. The maximum absolute atomic E-state index is 12.8. The van der Waals surface area contributed by atoms with Crippen LogP contribution in [0.2, 0.25) is 0 Å². The highest BCUT2D eigenvalue weighted by Gasteiger charge is 2.21. The smallest absolute Gasteiger partial charge is 0.261 e. The van der Waals surface area contributed by atoms with Gasteiger partial charge in [-0.05, 0) is 61.2 Å². The summed E-state index contributed by atoms with van der Waals surface area (Å²) >= 11 is 0. The van der Waals surface area contributed by atoms with Crippen LogP contribution >= 0.6 is 0 Å². The van der Waals surface area contributed by atoms with Gasteiger partial charge in [0.1, 0.15) is 5.75 Å². The highest BCUT2D eigenvalue weighted by atomic mass is 16.5. The van der Waals surface area contributed by atoms with E-state index in [1.54, 1.807) is 0 Å². The molecule has 0 bridgehead atoms. The number of rotatable bonds is 6. The van der Waals surface area contributed by atoms with Crippen molar-refractivity contribution in [3.63, 3.8) is 0 Å². The zero-order chi connectivity index (χ0) is 19.4. The van der Waals surface area contributed by atoms with E-state index >= 15 is 0 Å². The van der Waals surface area contributed by atoms with Crippen LogP contribution in [0.4, 0.5) is 0 Å². The van der Waals surface area contributed by atoms with Gasteiger partial charge in [0.25, 0.3) is 5.91 Å². The monoisotopic (exact) mass is 361 g/mol. The Hall–Kier alpha value is -2.81. The Morgan fingerprint density at radius 3 is 2.48 bits per heavy atom. The van der Waals surface area contributed by atoms with Gasteiger partial charge in [0.05, 0.1) is 6.04 Å². The molecule has 1 amide bonds. The Balaban J connectivity index is 1.72. The minimum absolute atomic E-state index is 0.0633. The molecule has 0 radical (unpaired) electrons. The number of hydrogen-bond donors (Lipinski definition) is 1. The molecule has 3 rings (SSSR count). The van der Waals surface area contributed by atoms with Crippen molar-refractivity contribution >= 4 is 16.7 Å². The lowest BCUT2D eigenvalue weighted by Crippen LogP contribution is -2.39. The number of ether oxygens (including phenoxy) is 1. The lowest BCUT2D eigenvalue weighted by molar-refractivity contribution is -0.128. The summed E-state index contributed by atoms with van der Waals surface area (Å²) in [6.45, 7) is 8.12. The number of carbonyl (C=O) groups excluding carboxylic acids is 1. The van der Waals surface area contributed by atoms with Gasteiger partial charge in [0.2, 0.25) is 0 Å². The van der Waals surface area contributed by atoms with Crippen LogP contribution in [0, 0.1) is 13.8 Å². The maximum atomic E-state index is 12.8. The predicted molar refractivity (Wildman–Crippen MR) is 111 cm³/mol. The molecule has 2 atom stereocenters. The molecule has 0 aromatic heterocycles. The van der Waals surface area contributed by atoms with E-state index in [1.165, 1.54) is 11.1 Å². The third kappa shape index (κ3) is 4.48. The summed E-state index contributed by atoms with van der Waals surface area (Å²) in [5.74, 6) is 0.633. The van der Waals surface area contributed by atoms with E-state index in [0.29, 0.717) is 6.42 Å². The second-order valence-electron chi connectivity index (χ2n) is 7.11. The summed E-state index contributed by atoms with van der Waals surface area (Å²) in [5, 5.41) is 5.37. The molecular weight excluding hydrogens is 334 g/mol. The number of carbonyl (C=O) groups is 1. The van der Waals surface area contributed by atoms with E-state index in [1.807, 2.05) is 50.2 Å². The molecule has 0 aliphatic heterocycles. The summed E-state index contributed by atoms with van der Waals surface area (Å²) in [5.41, 5.74) is 3.51. The molecule has 27 heavy (non-hydrogen) atoms. The number of fused-ring (bicyclic) bond motifs is 1. The molecule has 1 N–H and O–H groups in total. The Morgan fingerprint density at radius 2 is 1.74 bits per heavy atom. The van der Waals surface area contributed by atoms with Gasteiger partial charge in [0, 0.05) is 0 Å². The number of amides is 1. The van der Waals surface area contributed by atoms with Gasteiger partial charge >= 0.3 is 0 Å². The molecular formula is C24H27NO2. The molecule has 0 aliphatic carbocycles. The highest BCUT2D eigenvalue weighted by molar-refractivity contribution is 5.84. The average Bonchev–Trinajstić information content (AvgIpc) is 2.67. The first-order valence-electron chi connectivity index (χ1n) is 9.51. The van der Waals surface area contributed by atoms with Gasteiger partial charge < -0.3 is 10.1 Å². The second-order valence-corrected chi connectivity index (χ2v) is 7.11. The number of aryl methyl sites for hydroxylation is 2. The molecule has 140 valence electrons. The highest BCUT2D eigenvalue weighted by Crippen LogP contribution is 2.23. The predicted octanol–water partition coefficient (Wildman–Crippen LogP) is 5.49. The van der Waals surface area contributed by atoms with Crippen LogP contribution in [-0.4, -0.2) is 12.0 Å². The summed E-state index contributed by atoms with van der Waals surface area (Å²) in [6.07, 6.45) is 0.0942. The Kier molecular flexibility index (Phi) is 5.80. The zero-order valence-corrected chi connectivity index (χ0v) is 16.5. The van der Waals surface area contributed by atoms with Crippen LogP contribution < -0.4 is 10.1 Å². The standard InChI is InChI=1S/C24H27NO2/c1-5-23(27-21-13-12-19-8-6-7-9-20(19)15-21)24(26)25-18(4)22-14-16(2)10-11-17(22)3/h6-15,18,23H,5H2,1-4H3,(H,25,26)/t18-,23+/m0/s1. The van der Waals surface area contributed by atoms with Crippen molar-refractivity contribution in [3.8, 4) is 5.75 Å². The molecule has 0 fully saturated rings. The van der Waals surface area contributed by atoms with Crippen LogP contribution in [0.3, 0.4) is 0 Å². The molecule has 3 nitrogen and oxygen atoms in total. The first-order valence-corrected chi connectivity index (χ1v) is 9.51. The van der Waals surface area contributed by atoms with Gasteiger partial charge in [-0.2, -0.15) is 0 Å². The van der Waals surface area contributed by atoms with Crippen molar-refractivity contribution < 1.29 is 9.53 Å². The topological polar surface area (TPSA) is 38.3 Å². The second kappa shape index (κ2) is 8.26. The van der Waals surface area contributed by atoms with E-state index in [-0.39, 0.29) is 11.9 Å². The van der Waals surface area contributed by atoms with Crippen LogP contribution in [0.5, 0.6) is 5.75 Å². The van der Waals surface area contributed by atoms with Crippen LogP contribution in [0.15, 0.2) is 60.7 Å². The van der Waals surface area contributed by atoms with E-state index in [0.717, 1.165) is 22.1 Å².